The first-order valence-corrected chi connectivity index (χ1v) is 10.0. The third-order valence-electron chi connectivity index (χ3n) is 5.55. The number of hydrogen-bond acceptors (Lipinski definition) is 4. The van der Waals surface area contributed by atoms with E-state index >= 15 is 0 Å². The summed E-state index contributed by atoms with van der Waals surface area (Å²) in [5.41, 5.74) is 7.39. The van der Waals surface area contributed by atoms with Crippen molar-refractivity contribution in [1.29, 1.82) is 0 Å². The van der Waals surface area contributed by atoms with E-state index in [9.17, 15) is 0 Å². The molecule has 1 atom stereocenters. The second-order valence-electron chi connectivity index (χ2n) is 7.73. The van der Waals surface area contributed by atoms with Crippen molar-refractivity contribution >= 4 is 0 Å². The number of rotatable bonds is 7. The summed E-state index contributed by atoms with van der Waals surface area (Å²) in [6, 6.07) is 10.8. The minimum absolute atomic E-state index is 0.318. The maximum atomic E-state index is 5.91. The standard InChI is InChI=1S/C23H28N4O/c1-17-5-6-20(12-18(17)2)23-21(13-25-26-23)15-27(16-22-4-3-11-28-22)14-19-7-9-24-10-8-19/h5-10,12-13,22H,3-4,11,14-16H2,1-2H3,(H,25,26)/t22-/m0/s1. The Labute approximate surface area is 166 Å². The van der Waals surface area contributed by atoms with Gasteiger partial charge in [-0.1, -0.05) is 12.1 Å². The Morgan fingerprint density at radius 3 is 2.71 bits per heavy atom. The molecule has 28 heavy (non-hydrogen) atoms. The van der Waals surface area contributed by atoms with Crippen LogP contribution in [0.3, 0.4) is 0 Å². The van der Waals surface area contributed by atoms with E-state index in [0.717, 1.165) is 44.8 Å². The van der Waals surface area contributed by atoms with E-state index in [-0.39, 0.29) is 0 Å². The second-order valence-corrected chi connectivity index (χ2v) is 7.73. The van der Waals surface area contributed by atoms with E-state index in [1.54, 1.807) is 0 Å². The van der Waals surface area contributed by atoms with Gasteiger partial charge >= 0.3 is 0 Å². The van der Waals surface area contributed by atoms with E-state index in [1.807, 2.05) is 18.6 Å². The lowest BCUT2D eigenvalue weighted by Gasteiger charge is -2.25. The third kappa shape index (κ3) is 4.49. The fourth-order valence-corrected chi connectivity index (χ4v) is 3.83. The number of hydrogen-bond donors (Lipinski definition) is 1. The van der Waals surface area contributed by atoms with Gasteiger partial charge in [-0.05, 0) is 61.6 Å². The molecule has 0 bridgehead atoms. The lowest BCUT2D eigenvalue weighted by atomic mass is 10.0. The molecule has 0 unspecified atom stereocenters. The van der Waals surface area contributed by atoms with Crippen LogP contribution in [0.5, 0.6) is 0 Å². The van der Waals surface area contributed by atoms with Gasteiger partial charge in [0.2, 0.25) is 0 Å². The molecule has 5 heteroatoms. The van der Waals surface area contributed by atoms with Crippen LogP contribution in [0.25, 0.3) is 11.3 Å². The van der Waals surface area contributed by atoms with E-state index in [0.29, 0.717) is 6.10 Å². The van der Waals surface area contributed by atoms with Crippen molar-refractivity contribution in [2.24, 2.45) is 0 Å². The highest BCUT2D eigenvalue weighted by Crippen LogP contribution is 2.26. The maximum Gasteiger partial charge on any atom is 0.0703 e. The van der Waals surface area contributed by atoms with Gasteiger partial charge in [-0.3, -0.25) is 15.0 Å². The Hall–Kier alpha value is -2.50. The topological polar surface area (TPSA) is 54.0 Å². The van der Waals surface area contributed by atoms with Crippen LogP contribution in [0, 0.1) is 13.8 Å². The average molecular weight is 377 g/mol. The summed E-state index contributed by atoms with van der Waals surface area (Å²) >= 11 is 0. The lowest BCUT2D eigenvalue weighted by molar-refractivity contribution is 0.0679. The summed E-state index contributed by atoms with van der Waals surface area (Å²) < 4.78 is 5.91. The van der Waals surface area contributed by atoms with Gasteiger partial charge < -0.3 is 4.74 Å². The zero-order valence-corrected chi connectivity index (χ0v) is 16.7. The van der Waals surface area contributed by atoms with Crippen LogP contribution in [-0.2, 0) is 17.8 Å². The Kier molecular flexibility index (Phi) is 5.84. The van der Waals surface area contributed by atoms with Gasteiger partial charge in [0.15, 0.2) is 0 Å². The van der Waals surface area contributed by atoms with E-state index in [1.165, 1.54) is 27.8 Å². The normalized spacial score (nSPS) is 16.8. The molecule has 5 nitrogen and oxygen atoms in total. The van der Waals surface area contributed by atoms with Crippen LogP contribution in [0.1, 0.15) is 35.1 Å². The minimum Gasteiger partial charge on any atom is -0.377 e. The quantitative estimate of drug-likeness (QED) is 0.669. The summed E-state index contributed by atoms with van der Waals surface area (Å²) in [6.45, 7) is 7.82. The smallest absolute Gasteiger partial charge is 0.0703 e. The molecule has 146 valence electrons. The van der Waals surface area contributed by atoms with Gasteiger partial charge in [0.1, 0.15) is 0 Å². The van der Waals surface area contributed by atoms with E-state index in [4.69, 9.17) is 4.74 Å². The van der Waals surface area contributed by atoms with Crippen molar-refractivity contribution in [3.63, 3.8) is 0 Å². The predicted octanol–water partition coefficient (Wildman–Crippen LogP) is 4.27. The first kappa shape index (κ1) is 18.8. The largest absolute Gasteiger partial charge is 0.377 e. The van der Waals surface area contributed by atoms with Crippen molar-refractivity contribution in [3.8, 4) is 11.3 Å². The molecule has 1 fully saturated rings. The number of ether oxygens (including phenoxy) is 1. The van der Waals surface area contributed by atoms with Gasteiger partial charge in [0.05, 0.1) is 18.0 Å². The molecule has 1 saturated heterocycles. The van der Waals surface area contributed by atoms with Crippen LogP contribution in [0.2, 0.25) is 0 Å². The molecular weight excluding hydrogens is 348 g/mol. The van der Waals surface area contributed by atoms with Crippen LogP contribution >= 0.6 is 0 Å². The summed E-state index contributed by atoms with van der Waals surface area (Å²) in [5.74, 6) is 0. The average Bonchev–Trinajstić information content (AvgIpc) is 3.37. The molecule has 2 aromatic heterocycles. The van der Waals surface area contributed by atoms with Crippen molar-refractivity contribution in [1.82, 2.24) is 20.1 Å². The van der Waals surface area contributed by atoms with Gasteiger partial charge in [-0.15, -0.1) is 0 Å². The maximum absolute atomic E-state index is 5.91. The van der Waals surface area contributed by atoms with Crippen molar-refractivity contribution in [2.45, 2.75) is 45.9 Å². The highest BCUT2D eigenvalue weighted by atomic mass is 16.5. The molecule has 3 aromatic rings. The summed E-state index contributed by atoms with van der Waals surface area (Å²) in [5, 5.41) is 7.56. The first-order valence-electron chi connectivity index (χ1n) is 10.0. The van der Waals surface area contributed by atoms with Crippen LogP contribution < -0.4 is 0 Å². The Balaban J connectivity index is 1.56. The molecule has 1 aliphatic heterocycles. The lowest BCUT2D eigenvalue weighted by Crippen LogP contribution is -2.31. The molecule has 4 rings (SSSR count). The Morgan fingerprint density at radius 1 is 1.11 bits per heavy atom. The van der Waals surface area contributed by atoms with E-state index < -0.39 is 0 Å². The number of aromatic amines is 1. The fourth-order valence-electron chi connectivity index (χ4n) is 3.83. The molecule has 0 spiro atoms. The van der Waals surface area contributed by atoms with Gasteiger partial charge in [-0.25, -0.2) is 0 Å². The molecule has 1 aromatic carbocycles. The number of aromatic nitrogens is 3. The molecule has 1 aliphatic rings. The van der Waals surface area contributed by atoms with Crippen LogP contribution in [-0.4, -0.2) is 39.3 Å². The van der Waals surface area contributed by atoms with Crippen LogP contribution in [0.15, 0.2) is 48.9 Å². The molecule has 1 N–H and O–H groups in total. The van der Waals surface area contributed by atoms with E-state index in [2.05, 4.69) is 64.3 Å². The summed E-state index contributed by atoms with van der Waals surface area (Å²) in [4.78, 5) is 6.60. The van der Waals surface area contributed by atoms with Gasteiger partial charge in [0.25, 0.3) is 0 Å². The molecular formula is C23H28N4O. The Bertz CT molecular complexity index is 900. The van der Waals surface area contributed by atoms with Crippen LogP contribution in [0.4, 0.5) is 0 Å². The van der Waals surface area contributed by atoms with Crippen molar-refractivity contribution in [2.75, 3.05) is 13.2 Å². The molecule has 0 amide bonds. The molecule has 0 saturated carbocycles. The number of aryl methyl sites for hydroxylation is 2. The SMILES string of the molecule is Cc1ccc(-c2[nH]ncc2CN(Cc2ccncc2)C[C@@H]2CCCO2)cc1C. The molecule has 3 heterocycles. The predicted molar refractivity (Wildman–Crippen MR) is 111 cm³/mol. The van der Waals surface area contributed by atoms with Gasteiger partial charge in [0, 0.05) is 49.8 Å². The number of nitrogens with one attached hydrogen (secondary N) is 1. The fraction of sp³-hybridized carbons (Fsp3) is 0.391. The monoisotopic (exact) mass is 376 g/mol. The van der Waals surface area contributed by atoms with Crippen molar-refractivity contribution in [3.05, 3.63) is 71.2 Å². The zero-order chi connectivity index (χ0) is 19.3. The summed E-state index contributed by atoms with van der Waals surface area (Å²) in [7, 11) is 0. The van der Waals surface area contributed by atoms with Crippen molar-refractivity contribution < 1.29 is 4.74 Å². The summed E-state index contributed by atoms with van der Waals surface area (Å²) in [6.07, 6.45) is 8.30. The molecule has 0 aliphatic carbocycles. The zero-order valence-electron chi connectivity index (χ0n) is 16.7. The second kappa shape index (κ2) is 8.67. The first-order chi connectivity index (χ1) is 13.7. The van der Waals surface area contributed by atoms with Gasteiger partial charge in [-0.2, -0.15) is 5.10 Å². The number of pyridine rings is 1. The number of H-pyrrole nitrogens is 1. The third-order valence-corrected chi connectivity index (χ3v) is 5.55. The Morgan fingerprint density at radius 2 is 1.96 bits per heavy atom. The highest BCUT2D eigenvalue weighted by molar-refractivity contribution is 5.64. The highest BCUT2D eigenvalue weighted by Gasteiger charge is 2.21. The minimum atomic E-state index is 0.318. The molecule has 0 radical (unpaired) electrons. The number of nitrogens with zero attached hydrogens (tertiary/aromatic N) is 3. The number of benzene rings is 1.